The van der Waals surface area contributed by atoms with E-state index >= 15 is 0 Å². The van der Waals surface area contributed by atoms with Gasteiger partial charge in [0, 0.05) is 0 Å². The van der Waals surface area contributed by atoms with Gasteiger partial charge in [-0.15, -0.1) is 0 Å². The van der Waals surface area contributed by atoms with Crippen LogP contribution in [0.5, 0.6) is 0 Å². The molecule has 17 heavy (non-hydrogen) atoms. The van der Waals surface area contributed by atoms with Gasteiger partial charge < -0.3 is 5.11 Å². The number of aromatic amines is 1. The predicted octanol–water partition coefficient (Wildman–Crippen LogP) is 0.331. The fourth-order valence-corrected chi connectivity index (χ4v) is 2.75. The van der Waals surface area contributed by atoms with Gasteiger partial charge in [0.1, 0.15) is 5.54 Å². The molecular formula is C9H15N3O4S. The molecular weight excluding hydrogens is 246 g/mol. The molecule has 0 amide bonds. The number of nitrogens with zero attached hydrogens (tertiary/aromatic N) is 1. The molecule has 0 saturated carbocycles. The van der Waals surface area contributed by atoms with E-state index in [1.165, 1.54) is 19.2 Å². The van der Waals surface area contributed by atoms with Crippen molar-refractivity contribution >= 4 is 16.0 Å². The number of nitrogens with one attached hydrogen (secondary N) is 2. The number of aliphatic carboxylic acids is 1. The van der Waals surface area contributed by atoms with E-state index in [2.05, 4.69) is 14.9 Å². The molecule has 8 heteroatoms. The summed E-state index contributed by atoms with van der Waals surface area (Å²) >= 11 is 0. The van der Waals surface area contributed by atoms with E-state index in [-0.39, 0.29) is 11.4 Å². The van der Waals surface area contributed by atoms with Crippen molar-refractivity contribution < 1.29 is 18.3 Å². The SMILES string of the molecule is CCCC(C)(NS(=O)(=O)c1ccn[nH]1)C(=O)O. The number of hydrogen-bond acceptors (Lipinski definition) is 4. The fraction of sp³-hybridized carbons (Fsp3) is 0.556. The van der Waals surface area contributed by atoms with Crippen molar-refractivity contribution in [3.8, 4) is 0 Å². The second-order valence-corrected chi connectivity index (χ2v) is 5.56. The van der Waals surface area contributed by atoms with Crippen LogP contribution in [0.25, 0.3) is 0 Å². The summed E-state index contributed by atoms with van der Waals surface area (Å²) in [7, 11) is -3.89. The molecule has 1 atom stereocenters. The zero-order valence-corrected chi connectivity index (χ0v) is 10.4. The molecule has 0 saturated heterocycles. The Morgan fingerprint density at radius 2 is 2.29 bits per heavy atom. The minimum absolute atomic E-state index is 0.152. The third kappa shape index (κ3) is 3.04. The summed E-state index contributed by atoms with van der Waals surface area (Å²) in [4.78, 5) is 11.1. The number of carboxylic acid groups (broad SMARTS) is 1. The number of carboxylic acids is 1. The van der Waals surface area contributed by atoms with E-state index in [4.69, 9.17) is 5.11 Å². The average molecular weight is 261 g/mol. The van der Waals surface area contributed by atoms with Crippen LogP contribution in [0, 0.1) is 0 Å². The van der Waals surface area contributed by atoms with Gasteiger partial charge in [-0.25, -0.2) is 8.42 Å². The number of aromatic nitrogens is 2. The van der Waals surface area contributed by atoms with Crippen LogP contribution in [0.1, 0.15) is 26.7 Å². The van der Waals surface area contributed by atoms with Gasteiger partial charge in [-0.05, 0) is 19.4 Å². The Labute approximate surface area is 99.3 Å². The van der Waals surface area contributed by atoms with Crippen molar-refractivity contribution in [1.82, 2.24) is 14.9 Å². The van der Waals surface area contributed by atoms with E-state index < -0.39 is 21.5 Å². The zero-order chi connectivity index (χ0) is 13.1. The van der Waals surface area contributed by atoms with Gasteiger partial charge in [-0.2, -0.15) is 9.82 Å². The molecule has 0 fully saturated rings. The summed E-state index contributed by atoms with van der Waals surface area (Å²) in [5, 5.41) is 14.7. The molecule has 96 valence electrons. The lowest BCUT2D eigenvalue weighted by molar-refractivity contribution is -0.143. The quantitative estimate of drug-likeness (QED) is 0.683. The molecule has 3 N–H and O–H groups in total. The second-order valence-electron chi connectivity index (χ2n) is 3.91. The molecule has 0 aliphatic heterocycles. The average Bonchev–Trinajstić information content (AvgIpc) is 2.69. The highest BCUT2D eigenvalue weighted by Gasteiger charge is 2.37. The first-order valence-corrected chi connectivity index (χ1v) is 6.57. The summed E-state index contributed by atoms with van der Waals surface area (Å²) in [5.74, 6) is -1.21. The Bertz CT molecular complexity index is 482. The van der Waals surface area contributed by atoms with E-state index in [1.807, 2.05) is 0 Å². The Kier molecular flexibility index (Phi) is 3.89. The Morgan fingerprint density at radius 1 is 1.65 bits per heavy atom. The van der Waals surface area contributed by atoms with Crippen LogP contribution in [0.15, 0.2) is 17.3 Å². The highest BCUT2D eigenvalue weighted by Crippen LogP contribution is 2.16. The van der Waals surface area contributed by atoms with Crippen molar-refractivity contribution in [3.05, 3.63) is 12.3 Å². The minimum atomic E-state index is -3.89. The number of carbonyl (C=O) groups is 1. The molecule has 0 spiro atoms. The summed E-state index contributed by atoms with van der Waals surface area (Å²) in [5.41, 5.74) is -1.52. The van der Waals surface area contributed by atoms with E-state index in [9.17, 15) is 13.2 Å². The molecule has 0 aliphatic rings. The van der Waals surface area contributed by atoms with Crippen molar-refractivity contribution in [2.24, 2.45) is 0 Å². The zero-order valence-electron chi connectivity index (χ0n) is 9.60. The number of rotatable bonds is 6. The highest BCUT2D eigenvalue weighted by molar-refractivity contribution is 7.89. The first-order chi connectivity index (χ1) is 7.82. The highest BCUT2D eigenvalue weighted by atomic mass is 32.2. The lowest BCUT2D eigenvalue weighted by atomic mass is 9.98. The van der Waals surface area contributed by atoms with E-state index in [0.29, 0.717) is 6.42 Å². The molecule has 0 aromatic carbocycles. The normalized spacial score (nSPS) is 15.4. The minimum Gasteiger partial charge on any atom is -0.480 e. The third-order valence-electron chi connectivity index (χ3n) is 2.35. The van der Waals surface area contributed by atoms with Gasteiger partial charge in [-0.3, -0.25) is 9.89 Å². The number of sulfonamides is 1. The number of hydrogen-bond donors (Lipinski definition) is 3. The van der Waals surface area contributed by atoms with Crippen molar-refractivity contribution in [2.75, 3.05) is 0 Å². The van der Waals surface area contributed by atoms with E-state index in [1.54, 1.807) is 6.92 Å². The molecule has 1 rings (SSSR count). The monoisotopic (exact) mass is 261 g/mol. The summed E-state index contributed by atoms with van der Waals surface area (Å²) in [6, 6.07) is 1.26. The molecule has 0 radical (unpaired) electrons. The molecule has 0 aliphatic carbocycles. The summed E-state index contributed by atoms with van der Waals surface area (Å²) in [6.07, 6.45) is 2.04. The maximum absolute atomic E-state index is 11.8. The van der Waals surface area contributed by atoms with Crippen LogP contribution in [0.3, 0.4) is 0 Å². The van der Waals surface area contributed by atoms with Crippen molar-refractivity contribution in [2.45, 2.75) is 37.3 Å². The first-order valence-electron chi connectivity index (χ1n) is 5.08. The predicted molar refractivity (Wildman–Crippen MR) is 59.9 cm³/mol. The van der Waals surface area contributed by atoms with Gasteiger partial charge in [0.25, 0.3) is 10.0 Å². The fourth-order valence-electron chi connectivity index (χ4n) is 1.45. The van der Waals surface area contributed by atoms with Crippen LogP contribution in [0.2, 0.25) is 0 Å². The molecule has 1 aromatic rings. The van der Waals surface area contributed by atoms with Crippen LogP contribution >= 0.6 is 0 Å². The van der Waals surface area contributed by atoms with Gasteiger partial charge in [0.15, 0.2) is 5.03 Å². The Balaban J connectivity index is 3.00. The van der Waals surface area contributed by atoms with Gasteiger partial charge in [0.05, 0.1) is 6.20 Å². The van der Waals surface area contributed by atoms with Crippen LogP contribution in [0.4, 0.5) is 0 Å². The van der Waals surface area contributed by atoms with Gasteiger partial charge >= 0.3 is 5.97 Å². The van der Waals surface area contributed by atoms with Gasteiger partial charge in [-0.1, -0.05) is 13.3 Å². The second kappa shape index (κ2) is 4.84. The summed E-state index contributed by atoms with van der Waals surface area (Å²) < 4.78 is 25.9. The molecule has 1 aromatic heterocycles. The first kappa shape index (κ1) is 13.7. The molecule has 0 bridgehead atoms. The maximum atomic E-state index is 11.8. The van der Waals surface area contributed by atoms with Crippen LogP contribution in [-0.4, -0.2) is 35.2 Å². The maximum Gasteiger partial charge on any atom is 0.324 e. The third-order valence-corrected chi connectivity index (χ3v) is 3.87. The Morgan fingerprint density at radius 3 is 2.71 bits per heavy atom. The smallest absolute Gasteiger partial charge is 0.324 e. The molecule has 7 nitrogen and oxygen atoms in total. The lowest BCUT2D eigenvalue weighted by Gasteiger charge is -2.24. The van der Waals surface area contributed by atoms with Crippen molar-refractivity contribution in [3.63, 3.8) is 0 Å². The van der Waals surface area contributed by atoms with Gasteiger partial charge in [0.2, 0.25) is 0 Å². The lowest BCUT2D eigenvalue weighted by Crippen LogP contribution is -2.52. The van der Waals surface area contributed by atoms with Crippen LogP contribution < -0.4 is 4.72 Å². The molecule has 1 unspecified atom stereocenters. The topological polar surface area (TPSA) is 112 Å². The van der Waals surface area contributed by atoms with E-state index in [0.717, 1.165) is 0 Å². The Hall–Kier alpha value is -1.41. The van der Waals surface area contributed by atoms with Crippen LogP contribution in [-0.2, 0) is 14.8 Å². The largest absolute Gasteiger partial charge is 0.480 e. The number of H-pyrrole nitrogens is 1. The summed E-state index contributed by atoms with van der Waals surface area (Å²) in [6.45, 7) is 3.12. The molecule has 1 heterocycles. The standard InChI is InChI=1S/C9H15N3O4S/c1-3-5-9(2,8(13)14)12-17(15,16)7-4-6-10-11-7/h4,6,12H,3,5H2,1-2H3,(H,10,11)(H,13,14). The van der Waals surface area contributed by atoms with Crippen molar-refractivity contribution in [1.29, 1.82) is 0 Å².